The molecular weight excluding hydrogens is 90.9 g/mol. The van der Waals surface area contributed by atoms with Crippen LogP contribution in [0.2, 0.25) is 0 Å². The van der Waals surface area contributed by atoms with Crippen molar-refractivity contribution in [3.8, 4) is 0 Å². The van der Waals surface area contributed by atoms with Gasteiger partial charge in [-0.25, -0.2) is 0 Å². The summed E-state index contributed by atoms with van der Waals surface area (Å²) in [5.74, 6) is 0. The number of rotatable bonds is 0. The highest BCUT2D eigenvalue weighted by molar-refractivity contribution is 7.18. The zero-order valence-corrected chi connectivity index (χ0v) is 3.46. The topological polar surface area (TPSA) is 0 Å². The molecule has 2 heteroatoms. The van der Waals surface area contributed by atoms with Gasteiger partial charge in [0.15, 0.2) is 0 Å². The Morgan fingerprint density at radius 2 is 2.50 bits per heavy atom. The maximum absolute atomic E-state index is 2.21. The molecule has 0 unspecified atom stereocenters. The Morgan fingerprint density at radius 1 is 1.67 bits per heavy atom. The summed E-state index contributed by atoms with van der Waals surface area (Å²) in [7, 11) is 0.505. The molecule has 6 heavy (non-hydrogen) atoms. The molecule has 0 saturated heterocycles. The lowest BCUT2D eigenvalue weighted by molar-refractivity contribution is 2.07. The molecule has 0 N–H and O–H groups in total. The summed E-state index contributed by atoms with van der Waals surface area (Å²) in [5, 5.41) is 2.14. The van der Waals surface area contributed by atoms with Crippen LogP contribution in [-0.2, 0) is 0 Å². The lowest BCUT2D eigenvalue weighted by Gasteiger charge is -1.74. The second-order valence-corrected chi connectivity index (χ2v) is 1.47. The van der Waals surface area contributed by atoms with E-state index < -0.39 is 0 Å². The standard InChI is InChI=1S/C4H6BS/c5-4-2-1-3-6-4/h1-3H,5H3/q-1. The van der Waals surface area contributed by atoms with Gasteiger partial charge in [-0.3, -0.25) is 0 Å². The molecule has 32 valence electrons. The van der Waals surface area contributed by atoms with Crippen molar-refractivity contribution in [3.05, 3.63) is 17.5 Å². The van der Waals surface area contributed by atoms with E-state index in [-0.39, 0.29) is 0 Å². The van der Waals surface area contributed by atoms with Crippen LogP contribution < -0.4 is 4.78 Å². The molecule has 0 aromatic carbocycles. The van der Waals surface area contributed by atoms with E-state index in [1.165, 1.54) is 0 Å². The number of thiophene rings is 1. The highest BCUT2D eigenvalue weighted by Crippen LogP contribution is 1.87. The zero-order valence-electron chi connectivity index (χ0n) is 2.64. The third kappa shape index (κ3) is 0.629. The molecule has 1 heterocycles. The lowest BCUT2D eigenvalue weighted by atomic mass is 10.1. The van der Waals surface area contributed by atoms with Crippen molar-refractivity contribution < 1.29 is 0 Å². The first-order valence-corrected chi connectivity index (χ1v) is 2.27. The molecule has 1 aromatic heterocycles. The largest absolute Gasteiger partial charge is 0.193 e. The fraction of sp³-hybridized carbons (Fsp3) is 0. The van der Waals surface area contributed by atoms with Crippen molar-refractivity contribution >= 4 is 24.0 Å². The summed E-state index contributed by atoms with van der Waals surface area (Å²) in [6, 6.07) is 4.33. The lowest BCUT2D eigenvalue weighted by Crippen LogP contribution is -1.88. The minimum Gasteiger partial charge on any atom is -0.193 e. The van der Waals surface area contributed by atoms with Crippen LogP contribution in [0, 0.1) is 0 Å². The highest BCUT2D eigenvalue weighted by atomic mass is 32.1. The second-order valence-electron chi connectivity index (χ2n) is 0.731. The van der Waals surface area contributed by atoms with Crippen LogP contribution >= 0.6 is 11.3 Å². The molecule has 0 spiro atoms. The van der Waals surface area contributed by atoms with E-state index in [0.717, 1.165) is 0 Å². The first-order valence-electron chi connectivity index (χ1n) is 1.40. The molecule has 0 amide bonds. The van der Waals surface area contributed by atoms with E-state index in [0.29, 0.717) is 7.85 Å². The maximum Gasteiger partial charge on any atom is -0.00780 e. The number of hydrogen-bond acceptors (Lipinski definition) is 1. The first-order chi connectivity index (χ1) is 2.89. The summed E-state index contributed by atoms with van der Waals surface area (Å²) in [4.78, 5) is 0. The average Bonchev–Trinajstić information content (AvgIpc) is 1.86. The van der Waals surface area contributed by atoms with Crippen LogP contribution in [0.3, 0.4) is 0 Å². The molecule has 0 aliphatic heterocycles. The van der Waals surface area contributed by atoms with Crippen LogP contribution in [0.25, 0.3) is 0 Å². The van der Waals surface area contributed by atoms with Gasteiger partial charge < -0.3 is 0 Å². The normalized spacial score (nSPS) is 8.83. The van der Waals surface area contributed by atoms with Crippen molar-refractivity contribution in [2.45, 2.75) is 0 Å². The van der Waals surface area contributed by atoms with E-state index >= 15 is 0 Å². The van der Waals surface area contributed by atoms with Crippen molar-refractivity contribution in [1.29, 1.82) is 0 Å². The highest BCUT2D eigenvalue weighted by Gasteiger charge is 1.68. The monoisotopic (exact) mass is 97.0 g/mol. The van der Waals surface area contributed by atoms with Gasteiger partial charge >= 0.3 is 0 Å². The zero-order chi connectivity index (χ0) is 4.41. The van der Waals surface area contributed by atoms with Crippen LogP contribution in [0.4, 0.5) is 0 Å². The fourth-order valence-electron chi connectivity index (χ4n) is 0.196. The van der Waals surface area contributed by atoms with Crippen molar-refractivity contribution in [2.24, 2.45) is 0 Å². The SMILES string of the molecule is [BH3-]c1cccs1. The Bertz CT molecular complexity index is 111. The minimum atomic E-state index is 0.505. The summed E-state index contributed by atoms with van der Waals surface area (Å²) in [6.45, 7) is 0. The van der Waals surface area contributed by atoms with Crippen LogP contribution in [0.15, 0.2) is 17.5 Å². The van der Waals surface area contributed by atoms with Gasteiger partial charge in [-0.15, -0.1) is 0 Å². The molecule has 1 rings (SSSR count). The Labute approximate surface area is 42.2 Å². The van der Waals surface area contributed by atoms with Gasteiger partial charge in [0.25, 0.3) is 0 Å². The summed E-state index contributed by atoms with van der Waals surface area (Å²) in [5.41, 5.74) is 0. The van der Waals surface area contributed by atoms with Gasteiger partial charge in [0.05, 0.1) is 0 Å². The van der Waals surface area contributed by atoms with E-state index in [1.807, 2.05) is 11.3 Å². The molecule has 0 saturated carbocycles. The quantitative estimate of drug-likeness (QED) is 0.391. The average molecular weight is 97.0 g/mol. The smallest absolute Gasteiger partial charge is 0.00780 e. The summed E-state index contributed by atoms with van der Waals surface area (Å²) in [6.07, 6.45) is 0. The fourth-order valence-corrected chi connectivity index (χ4v) is 0.589. The third-order valence-electron chi connectivity index (χ3n) is 0.379. The molecule has 0 radical (unpaired) electrons. The predicted molar refractivity (Wildman–Crippen MR) is 33.9 cm³/mol. The van der Waals surface area contributed by atoms with Gasteiger partial charge in [0.1, 0.15) is 0 Å². The Kier molecular flexibility index (Phi) is 0.969. The van der Waals surface area contributed by atoms with E-state index in [2.05, 4.69) is 17.5 Å². The van der Waals surface area contributed by atoms with E-state index in [9.17, 15) is 0 Å². The minimum absolute atomic E-state index is 0.505. The van der Waals surface area contributed by atoms with Crippen molar-refractivity contribution in [3.63, 3.8) is 0 Å². The summed E-state index contributed by atoms with van der Waals surface area (Å²) >= 11 is 1.89. The third-order valence-corrected chi connectivity index (χ3v) is 0.944. The van der Waals surface area contributed by atoms with Crippen LogP contribution in [0.5, 0.6) is 0 Å². The second kappa shape index (κ2) is 1.48. The molecule has 0 nitrogen and oxygen atoms in total. The number of hydrogen-bond donors (Lipinski definition) is 0. The Morgan fingerprint density at radius 3 is 2.67 bits per heavy atom. The van der Waals surface area contributed by atoms with Crippen molar-refractivity contribution in [1.82, 2.24) is 0 Å². The van der Waals surface area contributed by atoms with Gasteiger partial charge in [-0.05, 0) is 13.2 Å². The molecule has 0 aliphatic carbocycles. The molecule has 0 aliphatic rings. The molecule has 0 bridgehead atoms. The molecular formula is C4H6BS-. The Balaban J connectivity index is 3.05. The first kappa shape index (κ1) is 3.94. The van der Waals surface area contributed by atoms with Gasteiger partial charge in [-0.1, -0.05) is 12.1 Å². The predicted octanol–water partition coefficient (Wildman–Crippen LogP) is -0.261. The van der Waals surface area contributed by atoms with E-state index in [1.54, 1.807) is 4.78 Å². The molecule has 1 aromatic rings. The van der Waals surface area contributed by atoms with E-state index in [4.69, 9.17) is 0 Å². The van der Waals surface area contributed by atoms with Gasteiger partial charge in [-0.2, -0.15) is 16.1 Å². The maximum atomic E-state index is 2.21. The Hall–Kier alpha value is -0.235. The molecule has 0 atom stereocenters. The van der Waals surface area contributed by atoms with Crippen molar-refractivity contribution in [2.75, 3.05) is 0 Å². The molecule has 0 fully saturated rings. The van der Waals surface area contributed by atoms with Gasteiger partial charge in [0.2, 0.25) is 0 Å². The van der Waals surface area contributed by atoms with Gasteiger partial charge in [0, 0.05) is 0 Å². The van der Waals surface area contributed by atoms with Crippen LogP contribution in [0.1, 0.15) is 0 Å². The van der Waals surface area contributed by atoms with Crippen LogP contribution in [-0.4, -0.2) is 7.85 Å². The summed E-state index contributed by atoms with van der Waals surface area (Å²) < 4.78 is 1.63.